The van der Waals surface area contributed by atoms with Crippen LogP contribution in [0.3, 0.4) is 0 Å². The van der Waals surface area contributed by atoms with Gasteiger partial charge in [0.15, 0.2) is 5.17 Å². The minimum Gasteiger partial charge on any atom is -0.463 e. The largest absolute Gasteiger partial charge is 0.463 e. The fourth-order valence-corrected chi connectivity index (χ4v) is 4.66. The van der Waals surface area contributed by atoms with E-state index in [1.54, 1.807) is 6.92 Å². The van der Waals surface area contributed by atoms with E-state index in [1.807, 2.05) is 48.4 Å². The summed E-state index contributed by atoms with van der Waals surface area (Å²) in [6.07, 6.45) is 2.37. The third kappa shape index (κ3) is 3.96. The number of ether oxygens (including phenoxy) is 1. The molecule has 1 aromatic rings. The summed E-state index contributed by atoms with van der Waals surface area (Å²) in [5.74, 6) is -0.354. The first kappa shape index (κ1) is 19.8. The van der Waals surface area contributed by atoms with Crippen molar-refractivity contribution in [3.05, 3.63) is 57.8 Å². The van der Waals surface area contributed by atoms with Gasteiger partial charge in [-0.2, -0.15) is 0 Å². The minimum atomic E-state index is -0.363. The Hall–Kier alpha value is -2.54. The Balaban J connectivity index is 1.73. The number of rotatable bonds is 6. The molecule has 2 aliphatic heterocycles. The molecular formula is C22H25N3O3S. The van der Waals surface area contributed by atoms with Gasteiger partial charge in [-0.3, -0.25) is 4.79 Å². The first-order valence-corrected chi connectivity index (χ1v) is 10.8. The van der Waals surface area contributed by atoms with Crippen LogP contribution in [0.4, 0.5) is 0 Å². The van der Waals surface area contributed by atoms with Crippen LogP contribution in [-0.2, 0) is 14.3 Å². The Bertz CT molecular complexity index is 946. The summed E-state index contributed by atoms with van der Waals surface area (Å²) in [6, 6.07) is 7.97. The number of aliphatic imine (C=N–C) groups is 1. The normalized spacial score (nSPS) is 20.8. The number of aryl methyl sites for hydroxylation is 1. The molecular weight excluding hydrogens is 386 g/mol. The zero-order valence-electron chi connectivity index (χ0n) is 16.9. The molecule has 3 aliphatic rings. The summed E-state index contributed by atoms with van der Waals surface area (Å²) < 4.78 is 5.37. The van der Waals surface area contributed by atoms with Crippen LogP contribution in [0.25, 0.3) is 0 Å². The molecule has 29 heavy (non-hydrogen) atoms. The van der Waals surface area contributed by atoms with Crippen molar-refractivity contribution >= 4 is 28.8 Å². The molecule has 0 radical (unpaired) electrons. The van der Waals surface area contributed by atoms with Crippen LogP contribution in [0.5, 0.6) is 0 Å². The molecule has 0 spiro atoms. The molecule has 0 saturated heterocycles. The van der Waals surface area contributed by atoms with E-state index < -0.39 is 0 Å². The maximum absolute atomic E-state index is 12.9. The molecule has 6 nitrogen and oxygen atoms in total. The minimum absolute atomic E-state index is 0.00749. The van der Waals surface area contributed by atoms with Gasteiger partial charge in [0.05, 0.1) is 30.3 Å². The van der Waals surface area contributed by atoms with Crippen LogP contribution in [0.15, 0.2) is 51.6 Å². The molecule has 1 N–H and O–H groups in total. The second kappa shape index (κ2) is 8.06. The van der Waals surface area contributed by atoms with Gasteiger partial charge in [0.2, 0.25) is 5.91 Å². The highest BCUT2D eigenvalue weighted by atomic mass is 32.2. The zero-order chi connectivity index (χ0) is 20.5. The Morgan fingerprint density at radius 1 is 1.28 bits per heavy atom. The number of hydrogen-bond donors (Lipinski definition) is 1. The van der Waals surface area contributed by atoms with Crippen LogP contribution in [0.1, 0.15) is 50.3 Å². The number of thioether (sulfide) groups is 1. The van der Waals surface area contributed by atoms with Crippen molar-refractivity contribution in [1.29, 1.82) is 0 Å². The second-order valence-corrected chi connectivity index (χ2v) is 8.33. The molecule has 1 unspecified atom stereocenters. The molecule has 1 amide bonds. The predicted octanol–water partition coefficient (Wildman–Crippen LogP) is 3.80. The standard InChI is InChI=1S/C22H25N3O3S/c1-4-28-21(27)19-14(3)23-22-25(20(19)17-8-6-5-7-13(17)2)16(12-29-22)11-18(26)24-15-9-10-15/h5-8,12,15,20H,4,9-11H2,1-3H3,(H,24,26). The Morgan fingerprint density at radius 3 is 2.72 bits per heavy atom. The van der Waals surface area contributed by atoms with E-state index in [2.05, 4.69) is 10.3 Å². The lowest BCUT2D eigenvalue weighted by atomic mass is 9.91. The van der Waals surface area contributed by atoms with Gasteiger partial charge in [-0.25, -0.2) is 9.79 Å². The van der Waals surface area contributed by atoms with Crippen molar-refractivity contribution in [2.45, 2.75) is 52.1 Å². The van der Waals surface area contributed by atoms with Gasteiger partial charge in [-0.05, 0) is 50.1 Å². The number of hydrogen-bond acceptors (Lipinski definition) is 6. The number of nitrogens with zero attached hydrogens (tertiary/aromatic N) is 2. The number of nitrogens with one attached hydrogen (secondary N) is 1. The lowest BCUT2D eigenvalue weighted by Gasteiger charge is -2.37. The van der Waals surface area contributed by atoms with Crippen LogP contribution in [-0.4, -0.2) is 34.6 Å². The van der Waals surface area contributed by atoms with Crippen LogP contribution in [0.2, 0.25) is 0 Å². The number of amides is 1. The Kier molecular flexibility index (Phi) is 5.50. The third-order valence-corrected chi connectivity index (χ3v) is 6.15. The smallest absolute Gasteiger partial charge is 0.338 e. The zero-order valence-corrected chi connectivity index (χ0v) is 17.7. The topological polar surface area (TPSA) is 71.0 Å². The Labute approximate surface area is 175 Å². The first-order valence-electron chi connectivity index (χ1n) is 9.96. The molecule has 1 aliphatic carbocycles. The van der Waals surface area contributed by atoms with Gasteiger partial charge in [-0.1, -0.05) is 36.0 Å². The van der Waals surface area contributed by atoms with E-state index in [0.29, 0.717) is 23.9 Å². The molecule has 0 bridgehead atoms. The van der Waals surface area contributed by atoms with Gasteiger partial charge in [0, 0.05) is 11.7 Å². The lowest BCUT2D eigenvalue weighted by Crippen LogP contribution is -2.38. The number of esters is 1. The molecule has 1 saturated carbocycles. The van der Waals surface area contributed by atoms with E-state index >= 15 is 0 Å². The third-order valence-electron chi connectivity index (χ3n) is 5.26. The molecule has 1 atom stereocenters. The number of allylic oxidation sites excluding steroid dienone is 1. The van der Waals surface area contributed by atoms with Gasteiger partial charge < -0.3 is 15.0 Å². The number of carbonyl (C=O) groups excluding carboxylic acids is 2. The molecule has 1 aromatic carbocycles. The molecule has 7 heteroatoms. The van der Waals surface area contributed by atoms with Crippen molar-refractivity contribution in [3.63, 3.8) is 0 Å². The van der Waals surface area contributed by atoms with Crippen LogP contribution < -0.4 is 5.32 Å². The Morgan fingerprint density at radius 2 is 2.03 bits per heavy atom. The van der Waals surface area contributed by atoms with Gasteiger partial charge >= 0.3 is 5.97 Å². The number of benzene rings is 1. The van der Waals surface area contributed by atoms with Gasteiger partial charge in [0.25, 0.3) is 0 Å². The van der Waals surface area contributed by atoms with Crippen molar-refractivity contribution < 1.29 is 14.3 Å². The van der Waals surface area contributed by atoms with Gasteiger partial charge in [-0.15, -0.1) is 0 Å². The quantitative estimate of drug-likeness (QED) is 0.721. The van der Waals surface area contributed by atoms with Gasteiger partial charge in [0.1, 0.15) is 0 Å². The molecule has 1 fully saturated rings. The number of fused-ring (bicyclic) bond motifs is 1. The summed E-state index contributed by atoms with van der Waals surface area (Å²) in [6.45, 7) is 5.98. The molecule has 2 heterocycles. The average Bonchev–Trinajstić information content (AvgIpc) is 3.41. The predicted molar refractivity (Wildman–Crippen MR) is 114 cm³/mol. The average molecular weight is 412 g/mol. The highest BCUT2D eigenvalue weighted by Gasteiger charge is 2.41. The summed E-state index contributed by atoms with van der Waals surface area (Å²) in [5.41, 5.74) is 4.13. The summed E-state index contributed by atoms with van der Waals surface area (Å²) >= 11 is 1.49. The summed E-state index contributed by atoms with van der Waals surface area (Å²) in [4.78, 5) is 32.1. The van der Waals surface area contributed by atoms with Crippen LogP contribution >= 0.6 is 11.8 Å². The fourth-order valence-electron chi connectivity index (χ4n) is 3.70. The number of amidine groups is 1. The van der Waals surface area contributed by atoms with Crippen molar-refractivity contribution in [3.8, 4) is 0 Å². The monoisotopic (exact) mass is 411 g/mol. The van der Waals surface area contributed by atoms with E-state index in [9.17, 15) is 9.59 Å². The molecule has 0 aromatic heterocycles. The maximum Gasteiger partial charge on any atom is 0.338 e. The second-order valence-electron chi connectivity index (χ2n) is 7.49. The molecule has 152 valence electrons. The molecule has 4 rings (SSSR count). The highest BCUT2D eigenvalue weighted by Crippen LogP contribution is 2.45. The highest BCUT2D eigenvalue weighted by molar-refractivity contribution is 8.16. The van der Waals surface area contributed by atoms with Crippen molar-refractivity contribution in [1.82, 2.24) is 10.2 Å². The van der Waals surface area contributed by atoms with Crippen molar-refractivity contribution in [2.24, 2.45) is 4.99 Å². The first-order chi connectivity index (χ1) is 14.0. The maximum atomic E-state index is 12.9. The SMILES string of the molecule is CCOC(=O)C1=C(C)N=C2SC=C(CC(=O)NC3CC3)N2C1c1ccccc1C. The van der Waals surface area contributed by atoms with E-state index in [0.717, 1.165) is 34.8 Å². The van der Waals surface area contributed by atoms with E-state index in [1.165, 1.54) is 11.8 Å². The summed E-state index contributed by atoms with van der Waals surface area (Å²) in [5, 5.41) is 5.81. The summed E-state index contributed by atoms with van der Waals surface area (Å²) in [7, 11) is 0. The van der Waals surface area contributed by atoms with Crippen molar-refractivity contribution in [2.75, 3.05) is 6.61 Å². The number of carbonyl (C=O) groups is 2. The van der Waals surface area contributed by atoms with Crippen LogP contribution in [0, 0.1) is 6.92 Å². The lowest BCUT2D eigenvalue weighted by molar-refractivity contribution is -0.139. The van der Waals surface area contributed by atoms with E-state index in [-0.39, 0.29) is 24.3 Å². The fraction of sp³-hybridized carbons (Fsp3) is 0.409. The van der Waals surface area contributed by atoms with E-state index in [4.69, 9.17) is 4.74 Å².